The van der Waals surface area contributed by atoms with E-state index in [-0.39, 0.29) is 71.0 Å². The second-order valence-corrected chi connectivity index (χ2v) is 28.8. The van der Waals surface area contributed by atoms with Crippen LogP contribution in [0.2, 0.25) is 0 Å². The van der Waals surface area contributed by atoms with Crippen LogP contribution in [-0.4, -0.2) is 74.3 Å². The van der Waals surface area contributed by atoms with Crippen LogP contribution in [0.25, 0.3) is 24.3 Å². The summed E-state index contributed by atoms with van der Waals surface area (Å²) in [7, 11) is -1.86. The van der Waals surface area contributed by atoms with E-state index in [1.54, 1.807) is 130 Å². The summed E-state index contributed by atoms with van der Waals surface area (Å²) in [5, 5.41) is 15.4. The maximum absolute atomic E-state index is 15.2. The molecule has 0 unspecified atom stereocenters. The third kappa shape index (κ3) is 24.7. The number of nitro groups is 1. The number of nitro benzene ring substituents is 1. The minimum absolute atomic E-state index is 0.0166. The van der Waals surface area contributed by atoms with E-state index in [0.29, 0.717) is 28.8 Å². The molecule has 2 aliphatic rings. The minimum atomic E-state index is -4.99. The number of amides is 2. The van der Waals surface area contributed by atoms with E-state index in [0.717, 1.165) is 41.5 Å². The van der Waals surface area contributed by atoms with Crippen LogP contribution < -0.4 is 35.3 Å². The molecule has 0 bridgehead atoms. The van der Waals surface area contributed by atoms with Gasteiger partial charge in [0, 0.05) is 91.2 Å². The highest BCUT2D eigenvalue weighted by Gasteiger charge is 2.49. The van der Waals surface area contributed by atoms with Crippen LogP contribution in [0.1, 0.15) is 102 Å². The molecular formula is C80H70ClF16N5O8S. The lowest BCUT2D eigenvalue weighted by Gasteiger charge is -2.39. The summed E-state index contributed by atoms with van der Waals surface area (Å²) in [5.74, 6) is -10.6. The zero-order valence-electron chi connectivity index (χ0n) is 58.8. The van der Waals surface area contributed by atoms with Crippen LogP contribution in [0.4, 0.5) is 85.5 Å². The smallest absolute Gasteiger partial charge is 0.428 e. The van der Waals surface area contributed by atoms with E-state index in [1.807, 2.05) is 30.3 Å². The van der Waals surface area contributed by atoms with E-state index >= 15 is 17.6 Å². The number of nitrogens with two attached hydrogens (primary N) is 1. The predicted octanol–water partition coefficient (Wildman–Crippen LogP) is 20.9. The molecule has 2 saturated carbocycles. The first kappa shape index (κ1) is 86.0. The molecular weight excluding hydrogens is 1530 g/mol. The lowest BCUT2D eigenvalue weighted by molar-refractivity contribution is -0.384. The van der Waals surface area contributed by atoms with Gasteiger partial charge in [0.25, 0.3) is 17.5 Å². The molecule has 2 fully saturated rings. The van der Waals surface area contributed by atoms with Crippen molar-refractivity contribution in [3.63, 3.8) is 0 Å². The average molecular weight is 1600 g/mol. The zero-order chi connectivity index (χ0) is 81.3. The number of hydrogen-bond donors (Lipinski definition) is 4. The van der Waals surface area contributed by atoms with Gasteiger partial charge >= 0.3 is 36.5 Å². The number of rotatable bonds is 24. The Balaban J connectivity index is 0.000000223. The molecule has 588 valence electrons. The first-order valence-electron chi connectivity index (χ1n) is 33.5. The van der Waals surface area contributed by atoms with Crippen molar-refractivity contribution in [1.29, 1.82) is 0 Å². The van der Waals surface area contributed by atoms with E-state index in [4.69, 9.17) is 17.3 Å². The second kappa shape index (κ2) is 37.0. The molecule has 9 aromatic rings. The Morgan fingerprint density at radius 2 is 0.946 bits per heavy atom. The number of benzene rings is 9. The van der Waals surface area contributed by atoms with Crippen LogP contribution in [0, 0.1) is 33.4 Å². The van der Waals surface area contributed by atoms with Crippen LogP contribution >= 0.6 is 11.6 Å². The van der Waals surface area contributed by atoms with Gasteiger partial charge in [0.1, 0.15) is 40.5 Å². The fraction of sp³-hybridized carbons (Fsp3) is 0.250. The van der Waals surface area contributed by atoms with Crippen LogP contribution in [0.5, 0.6) is 17.2 Å². The minimum Gasteiger partial charge on any atom is -0.428 e. The van der Waals surface area contributed by atoms with Crippen molar-refractivity contribution >= 4 is 64.0 Å². The molecule has 13 nitrogen and oxygen atoms in total. The summed E-state index contributed by atoms with van der Waals surface area (Å²) in [4.78, 5) is 33.4. The summed E-state index contributed by atoms with van der Waals surface area (Å²) in [5.41, 5.74) is 3.50. The van der Waals surface area contributed by atoms with Gasteiger partial charge in [-0.1, -0.05) is 158 Å². The first-order valence-corrected chi connectivity index (χ1v) is 35.0. The van der Waals surface area contributed by atoms with Gasteiger partial charge in [-0.15, -0.1) is 0 Å². The van der Waals surface area contributed by atoms with Crippen molar-refractivity contribution < 1.29 is 103 Å². The fourth-order valence-corrected chi connectivity index (χ4v) is 12.3. The Hall–Kier alpha value is -10.6. The predicted molar refractivity (Wildman–Crippen MR) is 389 cm³/mol. The summed E-state index contributed by atoms with van der Waals surface area (Å²) in [6, 6.07) is 50.7. The van der Waals surface area contributed by atoms with Gasteiger partial charge in [0.05, 0.1) is 31.7 Å². The number of ether oxygens (including phenoxy) is 3. The number of carbonyl (C=O) groups is 2. The van der Waals surface area contributed by atoms with Crippen molar-refractivity contribution in [2.24, 2.45) is 5.73 Å². The Morgan fingerprint density at radius 1 is 0.550 bits per heavy atom. The molecule has 0 spiro atoms. The Morgan fingerprint density at radius 3 is 1.32 bits per heavy atom. The van der Waals surface area contributed by atoms with Gasteiger partial charge in [0.15, 0.2) is 0 Å². The normalized spacial score (nSPS) is 15.5. The van der Waals surface area contributed by atoms with Crippen molar-refractivity contribution in [3.05, 3.63) is 307 Å². The molecule has 0 aromatic heterocycles. The molecule has 111 heavy (non-hydrogen) atoms. The molecule has 2 aliphatic carbocycles. The number of nitrogens with one attached hydrogen (secondary N) is 3. The van der Waals surface area contributed by atoms with Gasteiger partial charge in [-0.3, -0.25) is 10.1 Å². The third-order valence-electron chi connectivity index (χ3n) is 16.8. The average Bonchev–Trinajstić information content (AvgIpc) is 0.655. The Kier molecular flexibility index (Phi) is 28.7. The molecule has 0 radical (unpaired) electrons. The van der Waals surface area contributed by atoms with Gasteiger partial charge < -0.3 is 30.6 Å². The van der Waals surface area contributed by atoms with Gasteiger partial charge in [-0.05, 0) is 132 Å². The lowest BCUT2D eigenvalue weighted by Crippen LogP contribution is -2.58. The maximum Gasteiger partial charge on any atom is 0.461 e. The molecule has 2 amide bonds. The van der Waals surface area contributed by atoms with Crippen molar-refractivity contribution in [1.82, 2.24) is 15.4 Å². The Bertz CT molecular complexity index is 4720. The third-order valence-corrected chi connectivity index (χ3v) is 18.5. The lowest BCUT2D eigenvalue weighted by atomic mass is 9.77. The molecule has 31 heteroatoms. The number of halogens is 17. The highest BCUT2D eigenvalue weighted by Crippen LogP contribution is 2.43. The van der Waals surface area contributed by atoms with Crippen LogP contribution in [-0.2, 0) is 34.9 Å². The number of nitrogens with zero attached hydrogens (tertiary/aromatic N) is 1. The van der Waals surface area contributed by atoms with Crippen LogP contribution in [0.15, 0.2) is 218 Å². The quantitative estimate of drug-likeness (QED) is 0.0150. The molecule has 9 aromatic carbocycles. The van der Waals surface area contributed by atoms with Crippen molar-refractivity contribution in [3.8, 4) is 17.2 Å². The monoisotopic (exact) mass is 1600 g/mol. The molecule has 11 rings (SSSR count). The number of carbonyl (C=O) groups excluding carboxylic acids is 2. The maximum atomic E-state index is 15.2. The molecule has 0 heterocycles. The standard InChI is InChI=1S/C35H28F8N2O2.C34H31F6NO2S.C7H4ClNO4.C4H7F2N/c36-27-16-26(17-29(18-27)47-35(42,43)31(38)39)34(19-23-9-5-2-6-10-23,45-32(46)44-28-20-33(40,41)21-28)25-13-14-30(37)24(15-25)12-11-22-7-3-1-4-8-22;1-32(2,3)44(42)41-33(22-24-12-8-5-9-13-24,27-19-28(35)21-29(20-27)43-34(39,40)31(37)38)26-16-17-30(36)25(18-26)15-14-23-10-6-4-7-11-23;8-7(10)13-6-3-1-5(2-4-6)9(11)12;5-4(6)1-3(7)2-4/h1-18,28,31H,19-21H2,(H2,44,45,46);4-21,31,41H,22H2,1-3H3;1-4H;3H,1-2,7H2/b12-11+;15-14+;;/t34-;33-,44-;;/m11../s1. The topological polar surface area (TPSA) is 184 Å². The first-order chi connectivity index (χ1) is 52.1. The molecule has 3 atom stereocenters. The molecule has 5 N–H and O–H groups in total. The second-order valence-electron chi connectivity index (χ2n) is 26.5. The molecule has 0 aliphatic heterocycles. The van der Waals surface area contributed by atoms with Gasteiger partial charge in [0.2, 0.25) is 0 Å². The van der Waals surface area contributed by atoms with Gasteiger partial charge in [-0.25, -0.2) is 53.6 Å². The largest absolute Gasteiger partial charge is 0.461 e. The van der Waals surface area contributed by atoms with E-state index in [2.05, 4.69) is 29.6 Å². The summed E-state index contributed by atoms with van der Waals surface area (Å²) < 4.78 is 248. The number of hydrogen-bond acceptors (Lipinski definition) is 9. The number of alkyl halides is 12. The zero-order valence-corrected chi connectivity index (χ0v) is 60.3. The summed E-state index contributed by atoms with van der Waals surface area (Å²) >= 11 is 4.92. The van der Waals surface area contributed by atoms with Crippen molar-refractivity contribution in [2.75, 3.05) is 0 Å². The highest BCUT2D eigenvalue weighted by atomic mass is 35.5. The highest BCUT2D eigenvalue weighted by molar-refractivity contribution is 7.84. The van der Waals surface area contributed by atoms with E-state index < -0.39 is 134 Å². The number of urea groups is 1. The van der Waals surface area contributed by atoms with E-state index in [9.17, 15) is 76.6 Å². The fourth-order valence-electron chi connectivity index (χ4n) is 11.3. The summed E-state index contributed by atoms with van der Waals surface area (Å²) in [6.07, 6.45) is -13.7. The number of non-ortho nitro benzene ring substituents is 1. The molecule has 0 saturated heterocycles. The Labute approximate surface area is 634 Å². The van der Waals surface area contributed by atoms with Crippen molar-refractivity contribution in [2.45, 2.75) is 124 Å². The van der Waals surface area contributed by atoms with Gasteiger partial charge in [-0.2, -0.15) is 35.1 Å². The SMILES string of the molecule is CC(C)(C)[S@@](=O)N[C@@](Cc1ccccc1)(c1cc(F)cc(OC(F)(F)C(F)F)c1)c1ccc(F)c(/C=C/c2ccccc2)c1.NC1CC(F)(F)C1.O=C(Cl)Oc1ccc([N+](=O)[O-])cc1.O=C(NC1CC(F)(F)C1)N[C@@](Cc1ccccc1)(c1cc(F)cc(OC(F)(F)C(F)F)c1)c1ccc(F)c(/C=C/c2ccccc2)c1. The van der Waals surface area contributed by atoms with E-state index in [1.165, 1.54) is 60.7 Å². The summed E-state index contributed by atoms with van der Waals surface area (Å²) in [6.45, 7) is 5.10. The van der Waals surface area contributed by atoms with Crippen LogP contribution in [0.3, 0.4) is 0 Å².